The van der Waals surface area contributed by atoms with Crippen LogP contribution in [0.1, 0.15) is 31.9 Å². The molecule has 0 saturated carbocycles. The fourth-order valence-corrected chi connectivity index (χ4v) is 4.39. The van der Waals surface area contributed by atoms with Crippen LogP contribution in [-0.4, -0.2) is 26.2 Å². The molecule has 3 rings (SSSR count). The van der Waals surface area contributed by atoms with E-state index in [4.69, 9.17) is 11.6 Å². The van der Waals surface area contributed by atoms with Crippen molar-refractivity contribution in [3.8, 4) is 0 Å². The summed E-state index contributed by atoms with van der Waals surface area (Å²) in [5.41, 5.74) is 1.31. The molecular formula is C19H21ClN4O2S2. The second-order valence-corrected chi connectivity index (χ2v) is 8.59. The number of nitrogens with zero attached hydrogens (tertiary/aromatic N) is 3. The summed E-state index contributed by atoms with van der Waals surface area (Å²) in [6.45, 7) is 4.57. The van der Waals surface area contributed by atoms with Gasteiger partial charge in [0.2, 0.25) is 5.91 Å². The third kappa shape index (κ3) is 5.12. The molecule has 6 nitrogen and oxygen atoms in total. The van der Waals surface area contributed by atoms with E-state index in [1.165, 1.54) is 23.1 Å². The average Bonchev–Trinajstić information content (AvgIpc) is 3.06. The van der Waals surface area contributed by atoms with Crippen molar-refractivity contribution in [2.45, 2.75) is 44.8 Å². The number of carbonyl (C=O) groups is 1. The Hall–Kier alpha value is -1.90. The molecule has 0 atom stereocenters. The number of anilines is 1. The van der Waals surface area contributed by atoms with Crippen LogP contribution in [0.25, 0.3) is 10.9 Å². The second-order valence-electron chi connectivity index (χ2n) is 6.35. The van der Waals surface area contributed by atoms with Crippen LogP contribution in [0.3, 0.4) is 0 Å². The average molecular weight is 437 g/mol. The van der Waals surface area contributed by atoms with Gasteiger partial charge in [-0.25, -0.2) is 9.97 Å². The molecule has 0 bridgehead atoms. The van der Waals surface area contributed by atoms with Gasteiger partial charge in [-0.1, -0.05) is 43.1 Å². The van der Waals surface area contributed by atoms with Gasteiger partial charge in [-0.05, 0) is 31.5 Å². The molecule has 0 unspecified atom stereocenters. The van der Waals surface area contributed by atoms with Crippen molar-refractivity contribution < 1.29 is 4.79 Å². The fraction of sp³-hybridized carbons (Fsp3) is 0.368. The maximum absolute atomic E-state index is 13.0. The van der Waals surface area contributed by atoms with E-state index in [0.717, 1.165) is 25.0 Å². The van der Waals surface area contributed by atoms with Crippen LogP contribution in [0.15, 0.2) is 33.5 Å². The minimum Gasteiger partial charge on any atom is -0.301 e. The van der Waals surface area contributed by atoms with Crippen LogP contribution >= 0.6 is 34.7 Å². The number of thioether (sulfide) groups is 1. The lowest BCUT2D eigenvalue weighted by Crippen LogP contribution is -2.24. The van der Waals surface area contributed by atoms with Crippen molar-refractivity contribution in [3.05, 3.63) is 44.6 Å². The van der Waals surface area contributed by atoms with Crippen LogP contribution in [-0.2, 0) is 11.3 Å². The van der Waals surface area contributed by atoms with Crippen molar-refractivity contribution >= 4 is 56.6 Å². The molecule has 1 aromatic carbocycles. The van der Waals surface area contributed by atoms with Gasteiger partial charge in [0, 0.05) is 16.9 Å². The number of hydrogen-bond donors (Lipinski definition) is 1. The minimum atomic E-state index is -0.181. The SMILES string of the molecule is CCCCCn1c(SCC(=O)Nc2nc(C)cs2)nc2cc(Cl)ccc2c1=O. The van der Waals surface area contributed by atoms with E-state index in [1.807, 2.05) is 12.3 Å². The molecule has 148 valence electrons. The van der Waals surface area contributed by atoms with Crippen LogP contribution in [0, 0.1) is 6.92 Å². The van der Waals surface area contributed by atoms with Gasteiger partial charge < -0.3 is 5.32 Å². The third-order valence-corrected chi connectivity index (χ3v) is 6.15. The predicted molar refractivity (Wildman–Crippen MR) is 117 cm³/mol. The highest BCUT2D eigenvalue weighted by molar-refractivity contribution is 7.99. The highest BCUT2D eigenvalue weighted by Crippen LogP contribution is 2.22. The quantitative estimate of drug-likeness (QED) is 0.313. The number of aryl methyl sites for hydroxylation is 1. The Morgan fingerprint density at radius 2 is 2.14 bits per heavy atom. The first kappa shape index (κ1) is 20.8. The van der Waals surface area contributed by atoms with Gasteiger partial charge in [-0.15, -0.1) is 11.3 Å². The molecule has 0 spiro atoms. The number of fused-ring (bicyclic) bond motifs is 1. The first-order valence-electron chi connectivity index (χ1n) is 9.03. The van der Waals surface area contributed by atoms with Crippen LogP contribution in [0.2, 0.25) is 5.02 Å². The van der Waals surface area contributed by atoms with Crippen molar-refractivity contribution in [2.24, 2.45) is 0 Å². The molecule has 9 heteroatoms. The lowest BCUT2D eigenvalue weighted by molar-refractivity contribution is -0.113. The molecule has 0 aliphatic carbocycles. The zero-order valence-corrected chi connectivity index (χ0v) is 18.1. The number of aromatic nitrogens is 3. The smallest absolute Gasteiger partial charge is 0.262 e. The molecule has 2 aromatic heterocycles. The van der Waals surface area contributed by atoms with Gasteiger partial charge in [0.25, 0.3) is 5.56 Å². The Morgan fingerprint density at radius 1 is 1.32 bits per heavy atom. The molecule has 3 aromatic rings. The number of rotatable bonds is 8. The largest absolute Gasteiger partial charge is 0.301 e. The van der Waals surface area contributed by atoms with Crippen molar-refractivity contribution in [1.82, 2.24) is 14.5 Å². The Kier molecular flexibility index (Phi) is 7.09. The lowest BCUT2D eigenvalue weighted by atomic mass is 10.2. The van der Waals surface area contributed by atoms with Crippen molar-refractivity contribution in [3.63, 3.8) is 0 Å². The Morgan fingerprint density at radius 3 is 2.86 bits per heavy atom. The zero-order chi connectivity index (χ0) is 20.1. The summed E-state index contributed by atoms with van der Waals surface area (Å²) in [5.74, 6) is -0.0369. The molecule has 1 amide bonds. The third-order valence-electron chi connectivity index (χ3n) is 4.07. The van der Waals surface area contributed by atoms with Crippen LogP contribution < -0.4 is 10.9 Å². The predicted octanol–water partition coefficient (Wildman–Crippen LogP) is 4.74. The van der Waals surface area contributed by atoms with E-state index in [0.29, 0.717) is 32.8 Å². The minimum absolute atomic E-state index is 0.101. The fourth-order valence-electron chi connectivity index (χ4n) is 2.70. The van der Waals surface area contributed by atoms with E-state index in [-0.39, 0.29) is 17.2 Å². The molecule has 2 heterocycles. The first-order chi connectivity index (χ1) is 13.5. The summed E-state index contributed by atoms with van der Waals surface area (Å²) in [4.78, 5) is 34.1. The number of carbonyl (C=O) groups excluding carboxylic acids is 1. The van der Waals surface area contributed by atoms with E-state index in [9.17, 15) is 9.59 Å². The summed E-state index contributed by atoms with van der Waals surface area (Å²) in [6, 6.07) is 5.08. The topological polar surface area (TPSA) is 76.9 Å². The first-order valence-corrected chi connectivity index (χ1v) is 11.3. The van der Waals surface area contributed by atoms with Gasteiger partial charge in [-0.3, -0.25) is 14.2 Å². The zero-order valence-electron chi connectivity index (χ0n) is 15.7. The molecular weight excluding hydrogens is 416 g/mol. The molecule has 0 aliphatic heterocycles. The summed E-state index contributed by atoms with van der Waals surface area (Å²) in [7, 11) is 0. The summed E-state index contributed by atoms with van der Waals surface area (Å²) >= 11 is 8.69. The summed E-state index contributed by atoms with van der Waals surface area (Å²) in [5, 5.41) is 6.81. The van der Waals surface area contributed by atoms with Crippen molar-refractivity contribution in [1.29, 1.82) is 0 Å². The maximum atomic E-state index is 13.0. The van der Waals surface area contributed by atoms with E-state index in [2.05, 4.69) is 22.2 Å². The number of amides is 1. The van der Waals surface area contributed by atoms with Crippen LogP contribution in [0.5, 0.6) is 0 Å². The normalized spacial score (nSPS) is 11.1. The monoisotopic (exact) mass is 436 g/mol. The highest BCUT2D eigenvalue weighted by Gasteiger charge is 2.14. The summed E-state index contributed by atoms with van der Waals surface area (Å²) < 4.78 is 1.66. The maximum Gasteiger partial charge on any atom is 0.262 e. The Bertz CT molecular complexity index is 1050. The molecule has 0 radical (unpaired) electrons. The lowest BCUT2D eigenvalue weighted by Gasteiger charge is -2.13. The molecule has 0 aliphatic rings. The van der Waals surface area contributed by atoms with Gasteiger partial charge in [0.15, 0.2) is 10.3 Å². The number of unbranched alkanes of at least 4 members (excludes halogenated alkanes) is 2. The number of halogens is 1. The van der Waals surface area contributed by atoms with Gasteiger partial charge in [0.05, 0.1) is 22.3 Å². The standard InChI is InChI=1S/C19H21ClN4O2S2/c1-3-4-5-8-24-17(26)14-7-6-13(20)9-15(14)22-19(24)28-11-16(25)23-18-21-12(2)10-27-18/h6-7,9-10H,3-5,8,11H2,1-2H3,(H,21,23,25). The second kappa shape index (κ2) is 9.54. The molecule has 1 N–H and O–H groups in total. The van der Waals surface area contributed by atoms with Gasteiger partial charge in [0.1, 0.15) is 0 Å². The Labute approximate surface area is 176 Å². The molecule has 0 saturated heterocycles. The summed E-state index contributed by atoms with van der Waals surface area (Å²) in [6.07, 6.45) is 2.97. The van der Waals surface area contributed by atoms with Crippen molar-refractivity contribution in [2.75, 3.05) is 11.1 Å². The number of thiazole rings is 1. The van der Waals surface area contributed by atoms with Gasteiger partial charge in [-0.2, -0.15) is 0 Å². The van der Waals surface area contributed by atoms with E-state index in [1.54, 1.807) is 22.8 Å². The molecule has 0 fully saturated rings. The van der Waals surface area contributed by atoms with Crippen LogP contribution in [0.4, 0.5) is 5.13 Å². The Balaban J connectivity index is 1.83. The highest BCUT2D eigenvalue weighted by atomic mass is 35.5. The van der Waals surface area contributed by atoms with E-state index < -0.39 is 0 Å². The number of hydrogen-bond acceptors (Lipinski definition) is 6. The van der Waals surface area contributed by atoms with Gasteiger partial charge >= 0.3 is 0 Å². The number of nitrogens with one attached hydrogen (secondary N) is 1. The number of benzene rings is 1. The molecule has 28 heavy (non-hydrogen) atoms. The van der Waals surface area contributed by atoms with E-state index >= 15 is 0 Å².